The fourth-order valence-electron chi connectivity index (χ4n) is 1.89. The van der Waals surface area contributed by atoms with E-state index in [1.807, 2.05) is 13.8 Å². The topological polar surface area (TPSA) is 78.9 Å². The van der Waals surface area contributed by atoms with E-state index in [1.54, 1.807) is 11.8 Å². The molecule has 2 N–H and O–H groups in total. The summed E-state index contributed by atoms with van der Waals surface area (Å²) in [6.45, 7) is 5.70. The zero-order valence-electron chi connectivity index (χ0n) is 12.1. The maximum atomic E-state index is 12.0. The minimum absolute atomic E-state index is 0.228. The highest BCUT2D eigenvalue weighted by Crippen LogP contribution is 2.16. The molecule has 0 aromatic heterocycles. The maximum absolute atomic E-state index is 12.0. The summed E-state index contributed by atoms with van der Waals surface area (Å²) in [5.41, 5.74) is 0. The predicted molar refractivity (Wildman–Crippen MR) is 79.2 cm³/mol. The van der Waals surface area contributed by atoms with Crippen molar-refractivity contribution in [3.8, 4) is 0 Å². The standard InChI is InChI=1S/C13H24N2O4S/c1-10(2)19-7-4-3-5-14-13(18)15-6-8-20-9-11(15)12(16)17/h10-11H,3-9H2,1-2H3,(H,14,18)(H,16,17). The van der Waals surface area contributed by atoms with E-state index in [4.69, 9.17) is 9.84 Å². The molecule has 1 heterocycles. The molecule has 0 saturated carbocycles. The minimum atomic E-state index is -0.933. The minimum Gasteiger partial charge on any atom is -0.480 e. The number of ether oxygens (including phenoxy) is 1. The smallest absolute Gasteiger partial charge is 0.327 e. The van der Waals surface area contributed by atoms with E-state index in [2.05, 4.69) is 5.32 Å². The van der Waals surface area contributed by atoms with Crippen LogP contribution in [0.5, 0.6) is 0 Å². The molecule has 0 bridgehead atoms. The third-order valence-electron chi connectivity index (χ3n) is 2.97. The van der Waals surface area contributed by atoms with Gasteiger partial charge < -0.3 is 20.1 Å². The van der Waals surface area contributed by atoms with E-state index in [1.165, 1.54) is 4.90 Å². The second-order valence-electron chi connectivity index (χ2n) is 4.98. The van der Waals surface area contributed by atoms with Crippen molar-refractivity contribution < 1.29 is 19.4 Å². The van der Waals surface area contributed by atoms with E-state index in [-0.39, 0.29) is 12.1 Å². The van der Waals surface area contributed by atoms with Gasteiger partial charge in [0.2, 0.25) is 0 Å². The molecule has 1 aliphatic rings. The van der Waals surface area contributed by atoms with Crippen LogP contribution in [-0.4, -0.2) is 65.4 Å². The van der Waals surface area contributed by atoms with E-state index < -0.39 is 12.0 Å². The van der Waals surface area contributed by atoms with Gasteiger partial charge in [0, 0.05) is 31.2 Å². The van der Waals surface area contributed by atoms with Gasteiger partial charge >= 0.3 is 12.0 Å². The number of unbranched alkanes of at least 4 members (excludes halogenated alkanes) is 1. The zero-order valence-corrected chi connectivity index (χ0v) is 12.9. The summed E-state index contributed by atoms with van der Waals surface area (Å²) in [4.78, 5) is 24.5. The monoisotopic (exact) mass is 304 g/mol. The lowest BCUT2D eigenvalue weighted by Gasteiger charge is -2.32. The van der Waals surface area contributed by atoms with Crippen LogP contribution in [0, 0.1) is 0 Å². The SMILES string of the molecule is CC(C)OCCCCNC(=O)N1CCSCC1C(=O)O. The summed E-state index contributed by atoms with van der Waals surface area (Å²) in [7, 11) is 0. The van der Waals surface area contributed by atoms with Crippen LogP contribution in [0.4, 0.5) is 4.79 Å². The molecule has 1 unspecified atom stereocenters. The number of aliphatic carboxylic acids is 1. The Morgan fingerprint density at radius 2 is 2.20 bits per heavy atom. The first-order chi connectivity index (χ1) is 9.52. The molecule has 1 saturated heterocycles. The van der Waals surface area contributed by atoms with Crippen LogP contribution in [0.1, 0.15) is 26.7 Å². The molecule has 6 nitrogen and oxygen atoms in total. The fraction of sp³-hybridized carbons (Fsp3) is 0.846. The van der Waals surface area contributed by atoms with Gasteiger partial charge in [-0.1, -0.05) is 0 Å². The number of hydrogen-bond acceptors (Lipinski definition) is 4. The molecular weight excluding hydrogens is 280 g/mol. The lowest BCUT2D eigenvalue weighted by molar-refractivity contribution is -0.141. The highest BCUT2D eigenvalue weighted by molar-refractivity contribution is 7.99. The van der Waals surface area contributed by atoms with Crippen LogP contribution in [0.3, 0.4) is 0 Å². The van der Waals surface area contributed by atoms with E-state index in [9.17, 15) is 9.59 Å². The molecule has 7 heteroatoms. The zero-order chi connectivity index (χ0) is 15.0. The van der Waals surface area contributed by atoms with Crippen molar-refractivity contribution in [1.82, 2.24) is 10.2 Å². The van der Waals surface area contributed by atoms with Crippen molar-refractivity contribution in [3.63, 3.8) is 0 Å². The normalized spacial score (nSPS) is 19.1. The molecule has 0 aliphatic carbocycles. The number of hydrogen-bond donors (Lipinski definition) is 2. The van der Waals surface area contributed by atoms with Crippen molar-refractivity contribution in [3.05, 3.63) is 0 Å². The molecule has 0 spiro atoms. The van der Waals surface area contributed by atoms with E-state index in [0.29, 0.717) is 25.4 Å². The van der Waals surface area contributed by atoms with Crippen molar-refractivity contribution in [2.24, 2.45) is 0 Å². The van der Waals surface area contributed by atoms with Crippen LogP contribution in [0.2, 0.25) is 0 Å². The Morgan fingerprint density at radius 3 is 2.85 bits per heavy atom. The first-order valence-electron chi connectivity index (χ1n) is 6.99. The first kappa shape index (κ1) is 17.1. The number of rotatable bonds is 7. The van der Waals surface area contributed by atoms with Crippen LogP contribution < -0.4 is 5.32 Å². The van der Waals surface area contributed by atoms with E-state index >= 15 is 0 Å². The molecule has 20 heavy (non-hydrogen) atoms. The molecule has 116 valence electrons. The Bertz CT molecular complexity index is 325. The van der Waals surface area contributed by atoms with Gasteiger partial charge in [-0.2, -0.15) is 11.8 Å². The molecule has 0 aromatic carbocycles. The number of urea groups is 1. The van der Waals surface area contributed by atoms with Crippen LogP contribution in [0.15, 0.2) is 0 Å². The van der Waals surface area contributed by atoms with Gasteiger partial charge in [-0.25, -0.2) is 9.59 Å². The van der Waals surface area contributed by atoms with Gasteiger partial charge in [0.05, 0.1) is 6.10 Å². The molecule has 2 amide bonds. The number of amides is 2. The van der Waals surface area contributed by atoms with Gasteiger partial charge in [0.15, 0.2) is 0 Å². The Balaban J connectivity index is 2.22. The summed E-state index contributed by atoms with van der Waals surface area (Å²) in [5.74, 6) is 0.322. The number of nitrogens with one attached hydrogen (secondary N) is 1. The van der Waals surface area contributed by atoms with Gasteiger partial charge in [0.25, 0.3) is 0 Å². The van der Waals surface area contributed by atoms with Gasteiger partial charge in [-0.15, -0.1) is 0 Å². The fourth-order valence-corrected chi connectivity index (χ4v) is 2.93. The molecular formula is C13H24N2O4S. The Morgan fingerprint density at radius 1 is 1.45 bits per heavy atom. The Labute approximate surface area is 124 Å². The van der Waals surface area contributed by atoms with Crippen molar-refractivity contribution >= 4 is 23.8 Å². The molecule has 0 radical (unpaired) electrons. The molecule has 1 fully saturated rings. The maximum Gasteiger partial charge on any atom is 0.327 e. The highest BCUT2D eigenvalue weighted by atomic mass is 32.2. The van der Waals surface area contributed by atoms with Gasteiger partial charge in [-0.3, -0.25) is 0 Å². The quantitative estimate of drug-likeness (QED) is 0.695. The number of carboxylic acid groups (broad SMARTS) is 1. The summed E-state index contributed by atoms with van der Waals surface area (Å²) in [6, 6.07) is -0.986. The number of carbonyl (C=O) groups is 2. The highest BCUT2D eigenvalue weighted by Gasteiger charge is 2.32. The summed E-state index contributed by atoms with van der Waals surface area (Å²) in [6.07, 6.45) is 1.95. The lowest BCUT2D eigenvalue weighted by Crippen LogP contribution is -2.53. The lowest BCUT2D eigenvalue weighted by atomic mass is 10.3. The van der Waals surface area contributed by atoms with Crippen molar-refractivity contribution in [2.45, 2.75) is 38.8 Å². The molecule has 1 rings (SSSR count). The second-order valence-corrected chi connectivity index (χ2v) is 6.13. The second kappa shape index (κ2) is 9.07. The van der Waals surface area contributed by atoms with Gasteiger partial charge in [-0.05, 0) is 26.7 Å². The summed E-state index contributed by atoms with van der Waals surface area (Å²) in [5, 5.41) is 11.9. The third-order valence-corrected chi connectivity index (χ3v) is 4.00. The largest absolute Gasteiger partial charge is 0.480 e. The first-order valence-corrected chi connectivity index (χ1v) is 8.14. The summed E-state index contributed by atoms with van der Waals surface area (Å²) >= 11 is 1.57. The Hall–Kier alpha value is -0.950. The van der Waals surface area contributed by atoms with E-state index in [0.717, 1.165) is 18.6 Å². The predicted octanol–water partition coefficient (Wildman–Crippen LogP) is 1.40. The average molecular weight is 304 g/mol. The average Bonchev–Trinajstić information content (AvgIpc) is 2.42. The molecule has 0 aromatic rings. The van der Waals surface area contributed by atoms with Crippen molar-refractivity contribution in [2.75, 3.05) is 31.2 Å². The number of carboxylic acids is 1. The van der Waals surface area contributed by atoms with Crippen LogP contribution >= 0.6 is 11.8 Å². The molecule has 1 aliphatic heterocycles. The Kier molecular flexibility index (Phi) is 7.76. The molecule has 1 atom stereocenters. The number of carbonyl (C=O) groups excluding carboxylic acids is 1. The van der Waals surface area contributed by atoms with Gasteiger partial charge in [0.1, 0.15) is 6.04 Å². The number of thioether (sulfide) groups is 1. The van der Waals surface area contributed by atoms with Crippen LogP contribution in [0.25, 0.3) is 0 Å². The van der Waals surface area contributed by atoms with Crippen LogP contribution in [-0.2, 0) is 9.53 Å². The number of nitrogens with zero attached hydrogens (tertiary/aromatic N) is 1. The third kappa shape index (κ3) is 6.00. The summed E-state index contributed by atoms with van der Waals surface area (Å²) < 4.78 is 5.41. The van der Waals surface area contributed by atoms with Crippen molar-refractivity contribution in [1.29, 1.82) is 0 Å².